The Morgan fingerprint density at radius 2 is 1.83 bits per heavy atom. The van der Waals surface area contributed by atoms with Crippen LogP contribution < -0.4 is 11.1 Å². The smallest absolute Gasteiger partial charge is 0.248 e. The van der Waals surface area contributed by atoms with Crippen molar-refractivity contribution in [3.63, 3.8) is 0 Å². The predicted molar refractivity (Wildman–Crippen MR) is 115 cm³/mol. The van der Waals surface area contributed by atoms with Crippen LogP contribution in [0.1, 0.15) is 37.7 Å². The Morgan fingerprint density at radius 1 is 1.17 bits per heavy atom. The van der Waals surface area contributed by atoms with E-state index in [4.69, 9.17) is 5.73 Å². The van der Waals surface area contributed by atoms with Gasteiger partial charge < -0.3 is 16.0 Å². The third kappa shape index (κ3) is 6.63. The van der Waals surface area contributed by atoms with Crippen LogP contribution in [0.25, 0.3) is 0 Å². The fourth-order valence-corrected chi connectivity index (χ4v) is 4.44. The molecule has 1 aliphatic carbocycles. The van der Waals surface area contributed by atoms with Crippen LogP contribution in [0.5, 0.6) is 0 Å². The summed E-state index contributed by atoms with van der Waals surface area (Å²) in [7, 11) is 0. The molecule has 0 atom stereocenters. The van der Waals surface area contributed by atoms with E-state index >= 15 is 0 Å². The Labute approximate surface area is 184 Å². The number of nitrogens with two attached hydrogens (primary N) is 1. The molecule has 1 saturated heterocycles. The minimum atomic E-state index is -2.59. The minimum Gasteiger partial charge on any atom is -0.398 e. The Bertz CT molecular complexity index is 759. The number of nitrogen functional groups attached to an aromatic ring is 1. The molecule has 2 fully saturated rings. The molecule has 0 bridgehead atoms. The lowest BCUT2D eigenvalue weighted by Gasteiger charge is -2.35. The first-order valence-corrected chi connectivity index (χ1v) is 11.2. The van der Waals surface area contributed by atoms with Crippen molar-refractivity contribution >= 4 is 33.4 Å². The summed E-state index contributed by atoms with van der Waals surface area (Å²) in [5, 5.41) is 2.66. The van der Waals surface area contributed by atoms with Gasteiger partial charge in [-0.05, 0) is 42.5 Å². The van der Waals surface area contributed by atoms with E-state index in [1.54, 1.807) is 4.90 Å². The second-order valence-corrected chi connectivity index (χ2v) is 9.20. The molecule has 2 aliphatic rings. The zero-order valence-electron chi connectivity index (χ0n) is 17.0. The highest BCUT2D eigenvalue weighted by molar-refractivity contribution is 9.10. The van der Waals surface area contributed by atoms with E-state index in [1.807, 2.05) is 18.2 Å². The summed E-state index contributed by atoms with van der Waals surface area (Å²) in [6, 6.07) is 5.80. The molecule has 1 aromatic rings. The number of piperazine rings is 1. The maximum absolute atomic E-state index is 13.2. The molecule has 2 amide bonds. The van der Waals surface area contributed by atoms with Gasteiger partial charge >= 0.3 is 0 Å². The van der Waals surface area contributed by atoms with Crippen molar-refractivity contribution < 1.29 is 18.4 Å². The zero-order valence-corrected chi connectivity index (χ0v) is 18.6. The normalized spacial score (nSPS) is 20.2. The highest BCUT2D eigenvalue weighted by atomic mass is 79.9. The second-order valence-electron chi connectivity index (χ2n) is 8.28. The molecular weight excluding hydrogens is 458 g/mol. The van der Waals surface area contributed by atoms with Crippen LogP contribution in [0.2, 0.25) is 0 Å². The number of hydrogen-bond donors (Lipinski definition) is 2. The maximum Gasteiger partial charge on any atom is 0.248 e. The third-order valence-electron chi connectivity index (χ3n) is 5.97. The lowest BCUT2D eigenvalue weighted by molar-refractivity contribution is -0.134. The summed E-state index contributed by atoms with van der Waals surface area (Å²) in [5.74, 6) is -2.95. The standard InChI is InChI=1S/C21H29BrF2N4O2/c22-17-1-2-18(25)16(12-17)14-27-7-9-28(10-8-27)20(30)13-26-19(29)11-15-3-5-21(23,24)6-4-15/h1-2,12,15H,3-11,13-14,25H2,(H,26,29). The Balaban J connectivity index is 1.36. The number of nitrogens with zero attached hydrogens (tertiary/aromatic N) is 2. The van der Waals surface area contributed by atoms with Crippen molar-refractivity contribution in [2.75, 3.05) is 38.5 Å². The van der Waals surface area contributed by atoms with Gasteiger partial charge in [0.15, 0.2) is 0 Å². The number of halogens is 3. The van der Waals surface area contributed by atoms with Crippen LogP contribution in [-0.2, 0) is 16.1 Å². The number of anilines is 1. The molecule has 0 spiro atoms. The predicted octanol–water partition coefficient (Wildman–Crippen LogP) is 3.01. The van der Waals surface area contributed by atoms with Crippen molar-refractivity contribution in [1.82, 2.24) is 15.1 Å². The first-order valence-electron chi connectivity index (χ1n) is 10.4. The molecule has 3 N–H and O–H groups in total. The fraction of sp³-hybridized carbons (Fsp3) is 0.619. The van der Waals surface area contributed by atoms with Crippen molar-refractivity contribution in [3.05, 3.63) is 28.2 Å². The maximum atomic E-state index is 13.2. The highest BCUT2D eigenvalue weighted by Gasteiger charge is 2.35. The molecule has 0 aromatic heterocycles. The first-order chi connectivity index (χ1) is 14.2. The van der Waals surface area contributed by atoms with Crippen molar-refractivity contribution in [3.8, 4) is 0 Å². The fourth-order valence-electron chi connectivity index (χ4n) is 4.03. The number of carbonyl (C=O) groups is 2. The molecule has 0 unspecified atom stereocenters. The van der Waals surface area contributed by atoms with Crippen molar-refractivity contribution in [2.24, 2.45) is 5.92 Å². The van der Waals surface area contributed by atoms with Crippen LogP contribution >= 0.6 is 15.9 Å². The summed E-state index contributed by atoms with van der Waals surface area (Å²) < 4.78 is 27.4. The second kappa shape index (κ2) is 10.0. The minimum absolute atomic E-state index is 0.0197. The average Bonchev–Trinajstić information content (AvgIpc) is 2.71. The monoisotopic (exact) mass is 486 g/mol. The number of rotatable bonds is 6. The third-order valence-corrected chi connectivity index (χ3v) is 6.46. The molecule has 0 radical (unpaired) electrons. The number of alkyl halides is 2. The SMILES string of the molecule is Nc1ccc(Br)cc1CN1CCN(C(=O)CNC(=O)CC2CCC(F)(F)CC2)CC1. The summed E-state index contributed by atoms with van der Waals surface area (Å²) in [6.45, 7) is 3.36. The highest BCUT2D eigenvalue weighted by Crippen LogP contribution is 2.37. The number of nitrogens with one attached hydrogen (secondary N) is 1. The van der Waals surface area contributed by atoms with Gasteiger partial charge in [0.2, 0.25) is 17.7 Å². The molecule has 6 nitrogen and oxygen atoms in total. The van der Waals surface area contributed by atoms with Crippen LogP contribution in [0.4, 0.5) is 14.5 Å². The summed E-state index contributed by atoms with van der Waals surface area (Å²) >= 11 is 3.46. The van der Waals surface area contributed by atoms with Gasteiger partial charge in [0.1, 0.15) is 0 Å². The first kappa shape index (κ1) is 22.9. The molecule has 1 aliphatic heterocycles. The molecule has 166 valence electrons. The number of hydrogen-bond acceptors (Lipinski definition) is 4. The van der Waals surface area contributed by atoms with Gasteiger partial charge in [0, 0.05) is 62.1 Å². The van der Waals surface area contributed by atoms with Gasteiger partial charge in [0.25, 0.3) is 0 Å². The summed E-state index contributed by atoms with van der Waals surface area (Å²) in [5.41, 5.74) is 7.84. The van der Waals surface area contributed by atoms with Gasteiger partial charge in [-0.1, -0.05) is 15.9 Å². The molecule has 1 saturated carbocycles. The van der Waals surface area contributed by atoms with Crippen LogP contribution in [0, 0.1) is 5.92 Å². The van der Waals surface area contributed by atoms with Crippen LogP contribution in [0.15, 0.2) is 22.7 Å². The average molecular weight is 487 g/mol. The molecule has 1 aromatic carbocycles. The largest absolute Gasteiger partial charge is 0.398 e. The van der Waals surface area contributed by atoms with E-state index in [0.29, 0.717) is 25.9 Å². The van der Waals surface area contributed by atoms with Crippen molar-refractivity contribution in [1.29, 1.82) is 0 Å². The van der Waals surface area contributed by atoms with Crippen LogP contribution in [-0.4, -0.2) is 60.3 Å². The molecule has 3 rings (SSSR count). The Morgan fingerprint density at radius 3 is 2.50 bits per heavy atom. The zero-order chi connectivity index (χ0) is 21.7. The number of carbonyl (C=O) groups excluding carboxylic acids is 2. The van der Waals surface area contributed by atoms with E-state index in [9.17, 15) is 18.4 Å². The van der Waals surface area contributed by atoms with Crippen LogP contribution in [0.3, 0.4) is 0 Å². The van der Waals surface area contributed by atoms with E-state index in [-0.39, 0.29) is 43.5 Å². The van der Waals surface area contributed by atoms with Gasteiger partial charge in [0.05, 0.1) is 6.54 Å². The van der Waals surface area contributed by atoms with E-state index < -0.39 is 5.92 Å². The van der Waals surface area contributed by atoms with E-state index in [0.717, 1.165) is 35.4 Å². The number of amides is 2. The van der Waals surface area contributed by atoms with Gasteiger partial charge in [-0.2, -0.15) is 0 Å². The van der Waals surface area contributed by atoms with Crippen molar-refractivity contribution in [2.45, 2.75) is 44.6 Å². The molecule has 9 heteroatoms. The molecule has 1 heterocycles. The van der Waals surface area contributed by atoms with Gasteiger partial charge in [-0.15, -0.1) is 0 Å². The van der Waals surface area contributed by atoms with Gasteiger partial charge in [-0.25, -0.2) is 8.78 Å². The quantitative estimate of drug-likeness (QED) is 0.605. The summed E-state index contributed by atoms with van der Waals surface area (Å²) in [6.07, 6.45) is 0.627. The Kier molecular flexibility index (Phi) is 7.68. The summed E-state index contributed by atoms with van der Waals surface area (Å²) in [4.78, 5) is 28.5. The van der Waals surface area contributed by atoms with Gasteiger partial charge in [-0.3, -0.25) is 14.5 Å². The molecule has 30 heavy (non-hydrogen) atoms. The molecular formula is C21H29BrF2N4O2. The Hall–Kier alpha value is -1.74. The lowest BCUT2D eigenvalue weighted by Crippen LogP contribution is -2.51. The number of benzene rings is 1. The topological polar surface area (TPSA) is 78.7 Å². The van der Waals surface area contributed by atoms with E-state index in [1.165, 1.54) is 0 Å². The lowest BCUT2D eigenvalue weighted by atomic mass is 9.84. The van der Waals surface area contributed by atoms with E-state index in [2.05, 4.69) is 26.1 Å².